The Kier molecular flexibility index (Phi) is 5.36. The monoisotopic (exact) mass is 310 g/mol. The third-order valence-corrected chi connectivity index (χ3v) is 4.92. The van der Waals surface area contributed by atoms with Gasteiger partial charge in [-0.3, -0.25) is 9.59 Å². The number of likely N-dealkylation sites (tertiary alicyclic amines) is 1. The van der Waals surface area contributed by atoms with E-state index < -0.39 is 6.04 Å². The highest BCUT2D eigenvalue weighted by atomic mass is 32.1. The van der Waals surface area contributed by atoms with Crippen molar-refractivity contribution >= 4 is 23.2 Å². The average molecular weight is 310 g/mol. The number of carbonyl (C=O) groups excluding carboxylic acids is 2. The Balaban J connectivity index is 2.01. The third-order valence-electron chi connectivity index (χ3n) is 4.06. The van der Waals surface area contributed by atoms with Gasteiger partial charge in [0.25, 0.3) is 5.91 Å². The number of amides is 2. The summed E-state index contributed by atoms with van der Waals surface area (Å²) >= 11 is 1.40. The molecule has 2 rings (SSSR count). The number of aliphatic hydroxyl groups excluding tert-OH is 1. The predicted octanol–water partition coefficient (Wildman–Crippen LogP) is 1.49. The number of carbonyl (C=O) groups is 2. The van der Waals surface area contributed by atoms with Gasteiger partial charge in [0.1, 0.15) is 6.04 Å². The van der Waals surface area contributed by atoms with E-state index in [4.69, 9.17) is 5.11 Å². The molecule has 3 atom stereocenters. The van der Waals surface area contributed by atoms with Crippen LogP contribution < -0.4 is 5.32 Å². The molecule has 116 valence electrons. The van der Waals surface area contributed by atoms with E-state index in [9.17, 15) is 9.59 Å². The van der Waals surface area contributed by atoms with Gasteiger partial charge in [0.15, 0.2) is 0 Å². The fourth-order valence-electron chi connectivity index (χ4n) is 2.45. The molecule has 2 heterocycles. The molecule has 5 nitrogen and oxygen atoms in total. The zero-order valence-corrected chi connectivity index (χ0v) is 13.2. The highest BCUT2D eigenvalue weighted by Crippen LogP contribution is 2.22. The summed E-state index contributed by atoms with van der Waals surface area (Å²) in [5.41, 5.74) is 0. The van der Waals surface area contributed by atoms with Crippen LogP contribution in [0.3, 0.4) is 0 Å². The molecule has 21 heavy (non-hydrogen) atoms. The highest BCUT2D eigenvalue weighted by molar-refractivity contribution is 7.12. The van der Waals surface area contributed by atoms with Crippen molar-refractivity contribution in [2.24, 2.45) is 5.92 Å². The summed E-state index contributed by atoms with van der Waals surface area (Å²) in [6.07, 6.45) is 1.54. The van der Waals surface area contributed by atoms with Crippen LogP contribution in [0.2, 0.25) is 0 Å². The molecule has 1 aromatic rings. The average Bonchev–Trinajstić information content (AvgIpc) is 3.16. The summed E-state index contributed by atoms with van der Waals surface area (Å²) in [5.74, 6) is -0.187. The summed E-state index contributed by atoms with van der Waals surface area (Å²) in [7, 11) is 0. The number of thiophene rings is 1. The minimum Gasteiger partial charge on any atom is -0.396 e. The Morgan fingerprint density at radius 1 is 1.52 bits per heavy atom. The Morgan fingerprint density at radius 2 is 2.29 bits per heavy atom. The lowest BCUT2D eigenvalue weighted by atomic mass is 10.0. The molecule has 1 saturated heterocycles. The van der Waals surface area contributed by atoms with E-state index in [-0.39, 0.29) is 30.4 Å². The number of aliphatic hydroxyl groups is 1. The quantitative estimate of drug-likeness (QED) is 0.865. The summed E-state index contributed by atoms with van der Waals surface area (Å²) < 4.78 is 0. The lowest BCUT2D eigenvalue weighted by Gasteiger charge is -2.26. The first-order chi connectivity index (χ1) is 10.0. The number of nitrogens with zero attached hydrogens (tertiary/aromatic N) is 1. The Labute approximate surface area is 129 Å². The van der Waals surface area contributed by atoms with Gasteiger partial charge < -0.3 is 15.3 Å². The number of nitrogens with one attached hydrogen (secondary N) is 1. The maximum Gasteiger partial charge on any atom is 0.264 e. The van der Waals surface area contributed by atoms with Crippen LogP contribution in [-0.2, 0) is 4.79 Å². The standard InChI is InChI=1S/C15H22N2O3S/c1-10(9-18)11(2)16-14(19)12-5-3-7-17(12)15(20)13-6-4-8-21-13/h4,6,8,10-12,18H,3,5,7,9H2,1-2H3,(H,16,19)/t10?,11?,12-/m0/s1. The maximum atomic E-state index is 12.4. The molecule has 2 N–H and O–H groups in total. The van der Waals surface area contributed by atoms with Crippen LogP contribution in [0.25, 0.3) is 0 Å². The van der Waals surface area contributed by atoms with Crippen LogP contribution in [-0.4, -0.2) is 47.1 Å². The maximum absolute atomic E-state index is 12.4. The Bertz CT molecular complexity index is 489. The van der Waals surface area contributed by atoms with Crippen LogP contribution in [0.1, 0.15) is 36.4 Å². The lowest BCUT2D eigenvalue weighted by molar-refractivity contribution is -0.125. The topological polar surface area (TPSA) is 69.6 Å². The molecule has 1 fully saturated rings. The molecule has 0 bridgehead atoms. The number of rotatable bonds is 5. The zero-order valence-electron chi connectivity index (χ0n) is 12.4. The van der Waals surface area contributed by atoms with Gasteiger partial charge >= 0.3 is 0 Å². The molecular formula is C15H22N2O3S. The van der Waals surface area contributed by atoms with E-state index in [0.29, 0.717) is 17.8 Å². The van der Waals surface area contributed by atoms with Gasteiger partial charge in [0.05, 0.1) is 4.88 Å². The van der Waals surface area contributed by atoms with Gasteiger partial charge in [0.2, 0.25) is 5.91 Å². The second-order valence-corrected chi connectivity index (χ2v) is 6.54. The summed E-state index contributed by atoms with van der Waals surface area (Å²) in [6.45, 7) is 4.41. The second-order valence-electron chi connectivity index (χ2n) is 5.59. The molecule has 2 unspecified atom stereocenters. The van der Waals surface area contributed by atoms with E-state index in [1.807, 2.05) is 25.3 Å². The first-order valence-corrected chi connectivity index (χ1v) is 8.18. The summed E-state index contributed by atoms with van der Waals surface area (Å²) in [4.78, 5) is 27.1. The Morgan fingerprint density at radius 3 is 2.90 bits per heavy atom. The third kappa shape index (κ3) is 3.63. The van der Waals surface area contributed by atoms with Crippen molar-refractivity contribution in [2.75, 3.05) is 13.2 Å². The molecule has 1 aliphatic rings. The molecule has 6 heteroatoms. The first kappa shape index (κ1) is 16.0. The number of hydrogen-bond acceptors (Lipinski definition) is 4. The Hall–Kier alpha value is -1.40. The molecule has 1 aromatic heterocycles. The molecule has 0 spiro atoms. The van der Waals surface area contributed by atoms with Crippen molar-refractivity contribution in [3.05, 3.63) is 22.4 Å². The van der Waals surface area contributed by atoms with Crippen molar-refractivity contribution in [3.63, 3.8) is 0 Å². The minimum atomic E-state index is -0.395. The van der Waals surface area contributed by atoms with Crippen molar-refractivity contribution in [2.45, 2.75) is 38.8 Å². The predicted molar refractivity (Wildman–Crippen MR) is 82.2 cm³/mol. The molecule has 1 aliphatic heterocycles. The zero-order chi connectivity index (χ0) is 15.4. The molecule has 0 saturated carbocycles. The van der Waals surface area contributed by atoms with E-state index in [0.717, 1.165) is 6.42 Å². The van der Waals surface area contributed by atoms with Crippen LogP contribution in [0.15, 0.2) is 17.5 Å². The first-order valence-electron chi connectivity index (χ1n) is 7.30. The molecule has 0 aliphatic carbocycles. The van der Waals surface area contributed by atoms with E-state index >= 15 is 0 Å². The molecule has 0 radical (unpaired) electrons. The van der Waals surface area contributed by atoms with Gasteiger partial charge in [-0.1, -0.05) is 13.0 Å². The van der Waals surface area contributed by atoms with Gasteiger partial charge in [0, 0.05) is 19.2 Å². The van der Waals surface area contributed by atoms with Crippen molar-refractivity contribution in [1.29, 1.82) is 0 Å². The minimum absolute atomic E-state index is 0.00296. The van der Waals surface area contributed by atoms with Gasteiger partial charge in [-0.05, 0) is 37.1 Å². The molecule has 2 amide bonds. The summed E-state index contributed by atoms with van der Waals surface area (Å²) in [6, 6.07) is 3.12. The molecular weight excluding hydrogens is 288 g/mol. The fourth-order valence-corrected chi connectivity index (χ4v) is 3.12. The van der Waals surface area contributed by atoms with Gasteiger partial charge in [-0.15, -0.1) is 11.3 Å². The van der Waals surface area contributed by atoms with Crippen LogP contribution in [0.5, 0.6) is 0 Å². The number of hydrogen-bond donors (Lipinski definition) is 2. The van der Waals surface area contributed by atoms with Crippen molar-refractivity contribution in [3.8, 4) is 0 Å². The lowest BCUT2D eigenvalue weighted by Crippen LogP contribution is -2.49. The van der Waals surface area contributed by atoms with Crippen molar-refractivity contribution < 1.29 is 14.7 Å². The summed E-state index contributed by atoms with van der Waals surface area (Å²) in [5, 5.41) is 13.9. The van der Waals surface area contributed by atoms with E-state index in [1.54, 1.807) is 11.0 Å². The fraction of sp³-hybridized carbons (Fsp3) is 0.600. The second kappa shape index (κ2) is 7.04. The van der Waals surface area contributed by atoms with Crippen LogP contribution >= 0.6 is 11.3 Å². The largest absolute Gasteiger partial charge is 0.396 e. The smallest absolute Gasteiger partial charge is 0.264 e. The van der Waals surface area contributed by atoms with Gasteiger partial charge in [-0.2, -0.15) is 0 Å². The van der Waals surface area contributed by atoms with Crippen LogP contribution in [0.4, 0.5) is 0 Å². The SMILES string of the molecule is CC(CO)C(C)NC(=O)[C@@H]1CCCN1C(=O)c1cccs1. The van der Waals surface area contributed by atoms with Gasteiger partial charge in [-0.25, -0.2) is 0 Å². The van der Waals surface area contributed by atoms with Crippen LogP contribution in [0, 0.1) is 5.92 Å². The van der Waals surface area contributed by atoms with E-state index in [2.05, 4.69) is 5.32 Å². The highest BCUT2D eigenvalue weighted by Gasteiger charge is 2.35. The van der Waals surface area contributed by atoms with Crippen molar-refractivity contribution in [1.82, 2.24) is 10.2 Å². The van der Waals surface area contributed by atoms with E-state index in [1.165, 1.54) is 11.3 Å². The molecule has 0 aromatic carbocycles. The normalized spacial score (nSPS) is 21.1.